The van der Waals surface area contributed by atoms with Crippen LogP contribution in [0.3, 0.4) is 0 Å². The van der Waals surface area contributed by atoms with Crippen LogP contribution >= 0.6 is 23.2 Å². The van der Waals surface area contributed by atoms with Crippen molar-refractivity contribution in [3.05, 3.63) is 63.2 Å². The highest BCUT2D eigenvalue weighted by Gasteiger charge is 2.34. The molecule has 3 aromatic rings. The number of amides is 1. The summed E-state index contributed by atoms with van der Waals surface area (Å²) in [6, 6.07) is 5.34. The lowest BCUT2D eigenvalue weighted by Crippen LogP contribution is -2.27. The molecule has 0 bridgehead atoms. The van der Waals surface area contributed by atoms with Gasteiger partial charge in [-0.05, 0) is 41.9 Å². The molecule has 0 saturated heterocycles. The van der Waals surface area contributed by atoms with Crippen molar-refractivity contribution in [3.8, 4) is 0 Å². The highest BCUT2D eigenvalue weighted by atomic mass is 35.5. The number of carbonyl (C=O) groups excluding carboxylic acids is 1. The summed E-state index contributed by atoms with van der Waals surface area (Å²) in [5.41, 5.74) is 2.95. The van der Waals surface area contributed by atoms with Gasteiger partial charge in [-0.15, -0.1) is 0 Å². The first-order valence-electron chi connectivity index (χ1n) is 9.96. The highest BCUT2D eigenvalue weighted by molar-refractivity contribution is 6.35. The molecule has 1 atom stereocenters. The fourth-order valence-electron chi connectivity index (χ4n) is 3.85. The van der Waals surface area contributed by atoms with Crippen molar-refractivity contribution in [1.82, 2.24) is 14.9 Å². The molecule has 1 unspecified atom stereocenters. The van der Waals surface area contributed by atoms with E-state index in [2.05, 4.69) is 36.3 Å². The Morgan fingerprint density at radius 3 is 2.87 bits per heavy atom. The summed E-state index contributed by atoms with van der Waals surface area (Å²) < 4.78 is 7.16. The number of anilines is 1. The molecule has 1 aliphatic rings. The predicted molar refractivity (Wildman–Crippen MR) is 117 cm³/mol. The number of carbonyl (C=O) groups is 1. The van der Waals surface area contributed by atoms with E-state index in [1.54, 1.807) is 29.2 Å². The van der Waals surface area contributed by atoms with E-state index in [4.69, 9.17) is 27.7 Å². The number of halogens is 2. The summed E-state index contributed by atoms with van der Waals surface area (Å²) in [5, 5.41) is 12.4. The Bertz CT molecular complexity index is 1080. The lowest BCUT2D eigenvalue weighted by atomic mass is 9.71. The van der Waals surface area contributed by atoms with Gasteiger partial charge in [0.1, 0.15) is 5.76 Å². The topological polar surface area (TPSA) is 73.0 Å². The molecule has 8 heteroatoms. The largest absolute Gasteiger partial charge is 0.360 e. The van der Waals surface area contributed by atoms with Gasteiger partial charge in [0.15, 0.2) is 5.69 Å². The van der Waals surface area contributed by atoms with Crippen LogP contribution in [-0.2, 0) is 19.4 Å². The zero-order chi connectivity index (χ0) is 21.5. The SMILES string of the molecule is CC(C)(C)C1CCc2onc(C(=O)Nc3cnn(Cc4ccc(Cl)cc4Cl)c3)c2C1. The fraction of sp³-hybridized carbons (Fsp3) is 0.409. The fourth-order valence-corrected chi connectivity index (χ4v) is 4.32. The molecular weight excluding hydrogens is 423 g/mol. The first-order chi connectivity index (χ1) is 14.2. The van der Waals surface area contributed by atoms with Gasteiger partial charge in [-0.1, -0.05) is 55.2 Å². The monoisotopic (exact) mass is 446 g/mol. The highest BCUT2D eigenvalue weighted by Crippen LogP contribution is 2.38. The lowest BCUT2D eigenvalue weighted by Gasteiger charge is -2.33. The number of benzene rings is 1. The standard InChI is InChI=1S/C22H24Cl2N4O2/c1-22(2,3)14-5-7-19-17(8-14)20(27-30-19)21(29)26-16-10-25-28(12-16)11-13-4-6-15(23)9-18(13)24/h4,6,9-10,12,14H,5,7-8,11H2,1-3H3,(H,26,29). The van der Waals surface area contributed by atoms with Crippen molar-refractivity contribution in [3.63, 3.8) is 0 Å². The average Bonchev–Trinajstić information content (AvgIpc) is 3.29. The van der Waals surface area contributed by atoms with E-state index < -0.39 is 0 Å². The second-order valence-corrected chi connectivity index (χ2v) is 9.70. The van der Waals surface area contributed by atoms with E-state index in [0.29, 0.717) is 33.9 Å². The zero-order valence-corrected chi connectivity index (χ0v) is 18.7. The van der Waals surface area contributed by atoms with Crippen molar-refractivity contribution in [2.45, 2.75) is 46.6 Å². The molecule has 0 spiro atoms. The summed E-state index contributed by atoms with van der Waals surface area (Å²) in [5.74, 6) is 1.04. The molecule has 0 fully saturated rings. The van der Waals surface area contributed by atoms with Crippen molar-refractivity contribution < 1.29 is 9.32 Å². The maximum atomic E-state index is 12.9. The van der Waals surface area contributed by atoms with Gasteiger partial charge >= 0.3 is 0 Å². The van der Waals surface area contributed by atoms with Gasteiger partial charge in [0.2, 0.25) is 0 Å². The van der Waals surface area contributed by atoms with Gasteiger partial charge in [0, 0.05) is 28.2 Å². The molecule has 158 valence electrons. The van der Waals surface area contributed by atoms with Crippen LogP contribution in [0.5, 0.6) is 0 Å². The molecule has 2 aromatic heterocycles. The Balaban J connectivity index is 1.46. The second kappa shape index (κ2) is 8.08. The van der Waals surface area contributed by atoms with Crippen molar-refractivity contribution >= 4 is 34.8 Å². The van der Waals surface area contributed by atoms with Gasteiger partial charge in [0.25, 0.3) is 5.91 Å². The zero-order valence-electron chi connectivity index (χ0n) is 17.2. The Hall–Kier alpha value is -2.31. The quantitative estimate of drug-likeness (QED) is 0.563. The summed E-state index contributed by atoms with van der Waals surface area (Å²) >= 11 is 12.2. The number of fused-ring (bicyclic) bond motifs is 1. The summed E-state index contributed by atoms with van der Waals surface area (Å²) in [7, 11) is 0. The van der Waals surface area contributed by atoms with E-state index in [9.17, 15) is 4.79 Å². The third-order valence-electron chi connectivity index (χ3n) is 5.72. The second-order valence-electron chi connectivity index (χ2n) is 8.86. The molecule has 0 aliphatic heterocycles. The van der Waals surface area contributed by atoms with Crippen LogP contribution in [0, 0.1) is 11.3 Å². The van der Waals surface area contributed by atoms with Crippen LogP contribution in [-0.4, -0.2) is 20.8 Å². The predicted octanol–water partition coefficient (Wildman–Crippen LogP) is 5.63. The van der Waals surface area contributed by atoms with Crippen molar-refractivity contribution in [2.75, 3.05) is 5.32 Å². The summed E-state index contributed by atoms with van der Waals surface area (Å²) in [6.45, 7) is 7.17. The van der Waals surface area contributed by atoms with Crippen LogP contribution in [0.15, 0.2) is 35.1 Å². The molecule has 1 N–H and O–H groups in total. The van der Waals surface area contributed by atoms with E-state index in [-0.39, 0.29) is 11.3 Å². The molecule has 4 rings (SSSR count). The Labute approximate surface area is 185 Å². The Morgan fingerprint density at radius 1 is 1.33 bits per heavy atom. The number of nitrogens with one attached hydrogen (secondary N) is 1. The minimum absolute atomic E-state index is 0.173. The van der Waals surface area contributed by atoms with E-state index in [1.807, 2.05) is 6.07 Å². The molecule has 1 aromatic carbocycles. The molecule has 1 amide bonds. The maximum Gasteiger partial charge on any atom is 0.278 e. The average molecular weight is 447 g/mol. The first-order valence-corrected chi connectivity index (χ1v) is 10.7. The summed E-state index contributed by atoms with van der Waals surface area (Å²) in [6.07, 6.45) is 6.03. The molecule has 0 radical (unpaired) electrons. The van der Waals surface area contributed by atoms with Gasteiger partial charge < -0.3 is 9.84 Å². The van der Waals surface area contributed by atoms with Gasteiger partial charge in [-0.3, -0.25) is 9.48 Å². The molecular formula is C22H24Cl2N4O2. The van der Waals surface area contributed by atoms with Crippen molar-refractivity contribution in [2.24, 2.45) is 11.3 Å². The van der Waals surface area contributed by atoms with Crippen LogP contribution < -0.4 is 5.32 Å². The van der Waals surface area contributed by atoms with E-state index in [0.717, 1.165) is 36.1 Å². The van der Waals surface area contributed by atoms with Crippen LogP contribution in [0.2, 0.25) is 10.0 Å². The number of hydrogen-bond donors (Lipinski definition) is 1. The van der Waals surface area contributed by atoms with Crippen LogP contribution in [0.1, 0.15) is 54.6 Å². The minimum atomic E-state index is -0.279. The number of hydrogen-bond acceptors (Lipinski definition) is 4. The normalized spacial score (nSPS) is 16.4. The minimum Gasteiger partial charge on any atom is -0.360 e. The van der Waals surface area contributed by atoms with Gasteiger partial charge in [-0.2, -0.15) is 5.10 Å². The molecule has 2 heterocycles. The maximum absolute atomic E-state index is 12.9. The van der Waals surface area contributed by atoms with Crippen LogP contribution in [0.4, 0.5) is 5.69 Å². The Kier molecular flexibility index (Phi) is 5.64. The molecule has 30 heavy (non-hydrogen) atoms. The number of rotatable bonds is 4. The van der Waals surface area contributed by atoms with Gasteiger partial charge in [-0.25, -0.2) is 0 Å². The van der Waals surface area contributed by atoms with Crippen LogP contribution in [0.25, 0.3) is 0 Å². The number of aromatic nitrogens is 3. The molecule has 6 nitrogen and oxygen atoms in total. The lowest BCUT2D eigenvalue weighted by molar-refractivity contribution is 0.101. The van der Waals surface area contributed by atoms with Crippen molar-refractivity contribution in [1.29, 1.82) is 0 Å². The Morgan fingerprint density at radius 2 is 2.13 bits per heavy atom. The third-order valence-corrected chi connectivity index (χ3v) is 6.31. The molecule has 0 saturated carbocycles. The number of nitrogens with zero attached hydrogens (tertiary/aromatic N) is 3. The third kappa shape index (κ3) is 4.40. The van der Waals surface area contributed by atoms with Gasteiger partial charge in [0.05, 0.1) is 18.4 Å². The summed E-state index contributed by atoms with van der Waals surface area (Å²) in [4.78, 5) is 12.9. The smallest absolute Gasteiger partial charge is 0.278 e. The number of aryl methyl sites for hydroxylation is 1. The van der Waals surface area contributed by atoms with E-state index >= 15 is 0 Å². The molecule has 1 aliphatic carbocycles. The first kappa shape index (κ1) is 20.9. The van der Waals surface area contributed by atoms with E-state index in [1.165, 1.54) is 0 Å².